The number of amides is 1. The van der Waals surface area contributed by atoms with Crippen LogP contribution in [0.4, 0.5) is 0 Å². The average molecular weight is 239 g/mol. The molecule has 0 aliphatic carbocycles. The zero-order valence-corrected chi connectivity index (χ0v) is 10.0. The maximum absolute atomic E-state index is 11.6. The minimum atomic E-state index is 0.0856. The van der Waals surface area contributed by atoms with Crippen LogP contribution in [-0.4, -0.2) is 36.5 Å². The Bertz CT molecular complexity index is 339. The molecule has 1 amide bonds. The molecular weight excluding hydrogens is 222 g/mol. The van der Waals surface area contributed by atoms with Gasteiger partial charge < -0.3 is 11.1 Å². The summed E-state index contributed by atoms with van der Waals surface area (Å²) in [5.74, 6) is 0.0856. The van der Waals surface area contributed by atoms with E-state index in [1.54, 1.807) is 11.3 Å². The van der Waals surface area contributed by atoms with Crippen LogP contribution in [0.1, 0.15) is 11.3 Å². The zero-order chi connectivity index (χ0) is 11.4. The van der Waals surface area contributed by atoms with Gasteiger partial charge in [-0.25, -0.2) is 0 Å². The lowest BCUT2D eigenvalue weighted by Gasteiger charge is -2.14. The highest BCUT2D eigenvalue weighted by atomic mass is 32.1. The van der Waals surface area contributed by atoms with Gasteiger partial charge in [-0.2, -0.15) is 0 Å². The van der Waals surface area contributed by atoms with E-state index in [1.165, 1.54) is 4.88 Å². The SMILES string of the molecule is NC1CCN(CC(=O)NCc2cccs2)C1. The summed E-state index contributed by atoms with van der Waals surface area (Å²) in [5.41, 5.74) is 5.78. The van der Waals surface area contributed by atoms with Crippen LogP contribution in [0.5, 0.6) is 0 Å². The maximum Gasteiger partial charge on any atom is 0.234 e. The van der Waals surface area contributed by atoms with Crippen LogP contribution in [0.15, 0.2) is 17.5 Å². The summed E-state index contributed by atoms with van der Waals surface area (Å²) in [6.07, 6.45) is 0.998. The second-order valence-electron chi connectivity index (χ2n) is 4.14. The number of nitrogens with two attached hydrogens (primary N) is 1. The third kappa shape index (κ3) is 3.30. The molecule has 2 rings (SSSR count). The number of likely N-dealkylation sites (tertiary alicyclic amines) is 1. The monoisotopic (exact) mass is 239 g/mol. The van der Waals surface area contributed by atoms with Gasteiger partial charge in [0.2, 0.25) is 5.91 Å². The molecule has 0 bridgehead atoms. The fourth-order valence-electron chi connectivity index (χ4n) is 1.86. The molecule has 2 heterocycles. The van der Waals surface area contributed by atoms with E-state index in [9.17, 15) is 4.79 Å². The van der Waals surface area contributed by atoms with Crippen molar-refractivity contribution in [3.8, 4) is 0 Å². The van der Waals surface area contributed by atoms with Gasteiger partial charge in [-0.1, -0.05) is 6.07 Å². The van der Waals surface area contributed by atoms with Crippen LogP contribution in [0.3, 0.4) is 0 Å². The molecular formula is C11H17N3OS. The van der Waals surface area contributed by atoms with Crippen LogP contribution in [0, 0.1) is 0 Å². The molecule has 88 valence electrons. The fraction of sp³-hybridized carbons (Fsp3) is 0.545. The Morgan fingerprint density at radius 3 is 3.19 bits per heavy atom. The second-order valence-corrected chi connectivity index (χ2v) is 5.17. The number of hydrogen-bond acceptors (Lipinski definition) is 4. The summed E-state index contributed by atoms with van der Waals surface area (Å²) >= 11 is 1.66. The summed E-state index contributed by atoms with van der Waals surface area (Å²) < 4.78 is 0. The highest BCUT2D eigenvalue weighted by Crippen LogP contribution is 2.08. The van der Waals surface area contributed by atoms with Crippen molar-refractivity contribution in [2.45, 2.75) is 19.0 Å². The molecule has 4 nitrogen and oxygen atoms in total. The fourth-order valence-corrected chi connectivity index (χ4v) is 2.51. The number of carbonyl (C=O) groups is 1. The molecule has 1 atom stereocenters. The van der Waals surface area contributed by atoms with Crippen molar-refractivity contribution in [3.63, 3.8) is 0 Å². The minimum absolute atomic E-state index is 0.0856. The van der Waals surface area contributed by atoms with Gasteiger partial charge in [0.15, 0.2) is 0 Å². The third-order valence-corrected chi connectivity index (χ3v) is 3.59. The van der Waals surface area contributed by atoms with Gasteiger partial charge >= 0.3 is 0 Å². The van der Waals surface area contributed by atoms with Gasteiger partial charge in [0.05, 0.1) is 13.1 Å². The first-order valence-corrected chi connectivity index (χ1v) is 6.39. The maximum atomic E-state index is 11.6. The zero-order valence-electron chi connectivity index (χ0n) is 9.19. The van der Waals surface area contributed by atoms with Crippen LogP contribution < -0.4 is 11.1 Å². The quantitative estimate of drug-likeness (QED) is 0.799. The third-order valence-electron chi connectivity index (χ3n) is 2.72. The largest absolute Gasteiger partial charge is 0.350 e. The predicted molar refractivity (Wildman–Crippen MR) is 65.2 cm³/mol. The summed E-state index contributed by atoms with van der Waals surface area (Å²) in [6.45, 7) is 2.88. The Kier molecular flexibility index (Phi) is 3.93. The van der Waals surface area contributed by atoms with E-state index in [0.717, 1.165) is 19.5 Å². The Hall–Kier alpha value is -0.910. The highest BCUT2D eigenvalue weighted by molar-refractivity contribution is 7.09. The first-order valence-electron chi connectivity index (χ1n) is 5.51. The first-order chi connectivity index (χ1) is 7.74. The van der Waals surface area contributed by atoms with E-state index in [4.69, 9.17) is 5.73 Å². The molecule has 0 radical (unpaired) electrons. The molecule has 1 aromatic rings. The smallest absolute Gasteiger partial charge is 0.234 e. The topological polar surface area (TPSA) is 58.4 Å². The first kappa shape index (κ1) is 11.6. The standard InChI is InChI=1S/C11H17N3OS/c12-9-3-4-14(7-9)8-11(15)13-6-10-2-1-5-16-10/h1-2,5,9H,3-4,6-8,12H2,(H,13,15). The molecule has 1 aliphatic heterocycles. The lowest BCUT2D eigenvalue weighted by molar-refractivity contribution is -0.122. The lowest BCUT2D eigenvalue weighted by atomic mass is 10.3. The molecule has 1 aromatic heterocycles. The van der Waals surface area contributed by atoms with Crippen molar-refractivity contribution < 1.29 is 4.79 Å². The van der Waals surface area contributed by atoms with Gasteiger partial charge in [-0.15, -0.1) is 11.3 Å². The van der Waals surface area contributed by atoms with Gasteiger partial charge in [0.25, 0.3) is 0 Å². The Morgan fingerprint density at radius 1 is 1.69 bits per heavy atom. The van der Waals surface area contributed by atoms with Crippen LogP contribution >= 0.6 is 11.3 Å². The molecule has 0 saturated carbocycles. The molecule has 3 N–H and O–H groups in total. The molecule has 0 spiro atoms. The van der Waals surface area contributed by atoms with Crippen molar-refractivity contribution in [1.82, 2.24) is 10.2 Å². The van der Waals surface area contributed by atoms with E-state index in [-0.39, 0.29) is 11.9 Å². The molecule has 5 heteroatoms. The molecule has 1 unspecified atom stereocenters. The molecule has 1 saturated heterocycles. The Morgan fingerprint density at radius 2 is 2.56 bits per heavy atom. The Labute approximate surface area is 99.4 Å². The number of hydrogen-bond donors (Lipinski definition) is 2. The summed E-state index contributed by atoms with van der Waals surface area (Å²) in [4.78, 5) is 14.9. The normalized spacial score (nSPS) is 21.2. The second kappa shape index (κ2) is 5.43. The van der Waals surface area contributed by atoms with E-state index in [0.29, 0.717) is 13.1 Å². The van der Waals surface area contributed by atoms with Crippen molar-refractivity contribution >= 4 is 17.2 Å². The van der Waals surface area contributed by atoms with Crippen LogP contribution in [0.2, 0.25) is 0 Å². The van der Waals surface area contributed by atoms with E-state index >= 15 is 0 Å². The Balaban J connectivity index is 1.68. The van der Waals surface area contributed by atoms with Gasteiger partial charge in [0, 0.05) is 24.0 Å². The number of carbonyl (C=O) groups excluding carboxylic acids is 1. The van der Waals surface area contributed by atoms with Gasteiger partial charge in [-0.3, -0.25) is 9.69 Å². The lowest BCUT2D eigenvalue weighted by Crippen LogP contribution is -2.36. The van der Waals surface area contributed by atoms with Crippen molar-refractivity contribution in [3.05, 3.63) is 22.4 Å². The van der Waals surface area contributed by atoms with E-state index < -0.39 is 0 Å². The minimum Gasteiger partial charge on any atom is -0.350 e. The number of nitrogens with zero attached hydrogens (tertiary/aromatic N) is 1. The highest BCUT2D eigenvalue weighted by Gasteiger charge is 2.20. The van der Waals surface area contributed by atoms with Crippen molar-refractivity contribution in [1.29, 1.82) is 0 Å². The van der Waals surface area contributed by atoms with Gasteiger partial charge in [-0.05, 0) is 17.9 Å². The van der Waals surface area contributed by atoms with Crippen LogP contribution in [0.25, 0.3) is 0 Å². The molecule has 1 fully saturated rings. The number of nitrogens with one attached hydrogen (secondary N) is 1. The van der Waals surface area contributed by atoms with Gasteiger partial charge in [0.1, 0.15) is 0 Å². The molecule has 16 heavy (non-hydrogen) atoms. The molecule has 0 aromatic carbocycles. The van der Waals surface area contributed by atoms with E-state index in [1.807, 2.05) is 17.5 Å². The summed E-state index contributed by atoms with van der Waals surface area (Å²) in [6, 6.07) is 4.26. The number of rotatable bonds is 4. The van der Waals surface area contributed by atoms with Crippen molar-refractivity contribution in [2.75, 3.05) is 19.6 Å². The van der Waals surface area contributed by atoms with Crippen molar-refractivity contribution in [2.24, 2.45) is 5.73 Å². The molecule has 1 aliphatic rings. The van der Waals surface area contributed by atoms with Crippen LogP contribution in [-0.2, 0) is 11.3 Å². The predicted octanol–water partition coefficient (Wildman–Crippen LogP) is 0.397. The van der Waals surface area contributed by atoms with E-state index in [2.05, 4.69) is 10.2 Å². The summed E-state index contributed by atoms with van der Waals surface area (Å²) in [5, 5.41) is 4.93. The average Bonchev–Trinajstić information content (AvgIpc) is 2.87. The number of thiophene rings is 1. The summed E-state index contributed by atoms with van der Waals surface area (Å²) in [7, 11) is 0.